The number of anilines is 2. The summed E-state index contributed by atoms with van der Waals surface area (Å²) < 4.78 is 0. The topological polar surface area (TPSA) is 32.3 Å². The van der Waals surface area contributed by atoms with Gasteiger partial charge in [-0.3, -0.25) is 4.90 Å². The maximum atomic E-state index is 13.0. The minimum atomic E-state index is -0.142. The Morgan fingerprint density at radius 3 is 2.00 bits per heavy atom. The molecule has 0 saturated heterocycles. The number of amides is 2. The van der Waals surface area contributed by atoms with Gasteiger partial charge in [0.15, 0.2) is 0 Å². The lowest BCUT2D eigenvalue weighted by atomic mass is 10.1. The van der Waals surface area contributed by atoms with E-state index >= 15 is 0 Å². The second-order valence-electron chi connectivity index (χ2n) is 6.92. The maximum Gasteiger partial charge on any atom is 0.326 e. The number of carbonyl (C=O) groups excluding carboxylic acids is 1. The Labute approximate surface area is 173 Å². The number of nitrogens with one attached hydrogen (secondary N) is 1. The fourth-order valence-electron chi connectivity index (χ4n) is 3.09. The third-order valence-corrected chi connectivity index (χ3v) is 4.91. The van der Waals surface area contributed by atoms with Gasteiger partial charge in [0.2, 0.25) is 0 Å². The largest absolute Gasteiger partial charge is 0.326 e. The van der Waals surface area contributed by atoms with Gasteiger partial charge in [-0.25, -0.2) is 4.79 Å². The van der Waals surface area contributed by atoms with Crippen molar-refractivity contribution in [2.75, 3.05) is 16.8 Å². The number of carbonyl (C=O) groups is 1. The summed E-state index contributed by atoms with van der Waals surface area (Å²) in [6.45, 7) is 4.73. The van der Waals surface area contributed by atoms with Crippen LogP contribution in [0, 0.1) is 0 Å². The minimum Gasteiger partial charge on any atom is -0.308 e. The lowest BCUT2D eigenvalue weighted by Gasteiger charge is -2.22. The molecule has 148 valence electrons. The Bertz CT molecular complexity index is 929. The molecule has 0 aliphatic carbocycles. The van der Waals surface area contributed by atoms with Crippen LogP contribution in [-0.2, 0) is 12.8 Å². The molecule has 3 aromatic carbocycles. The number of benzene rings is 3. The molecule has 2 amide bonds. The van der Waals surface area contributed by atoms with Crippen LogP contribution in [0.2, 0.25) is 0 Å². The summed E-state index contributed by atoms with van der Waals surface area (Å²) in [7, 11) is 0. The molecule has 0 atom stereocenters. The number of hydrogen-bond donors (Lipinski definition) is 1. The van der Waals surface area contributed by atoms with Crippen LogP contribution < -0.4 is 10.2 Å². The standard InChI is InChI=1S/C26H28N2O/c1-3-21-12-16-24(17-13-21)27-26(29)28(25-18-14-22(4-2)15-19-25)20-8-11-23-9-6-5-7-10-23/h5-19H,3-4,20H2,1-2H3,(H,27,29)/b11-8+. The normalized spacial score (nSPS) is 10.8. The van der Waals surface area contributed by atoms with Gasteiger partial charge in [0, 0.05) is 17.9 Å². The van der Waals surface area contributed by atoms with Gasteiger partial charge in [-0.15, -0.1) is 0 Å². The molecule has 3 aromatic rings. The van der Waals surface area contributed by atoms with E-state index in [1.165, 1.54) is 11.1 Å². The Balaban J connectivity index is 1.78. The Hall–Kier alpha value is -3.33. The molecule has 0 aliphatic heterocycles. The van der Waals surface area contributed by atoms with E-state index in [0.717, 1.165) is 29.8 Å². The highest BCUT2D eigenvalue weighted by Gasteiger charge is 2.14. The smallest absolute Gasteiger partial charge is 0.308 e. The molecule has 0 heterocycles. The second kappa shape index (κ2) is 10.3. The SMILES string of the molecule is CCc1ccc(NC(=O)N(C/C=C/c2ccccc2)c2ccc(CC)cc2)cc1. The number of aryl methyl sites for hydroxylation is 2. The van der Waals surface area contributed by atoms with Crippen LogP contribution in [0.3, 0.4) is 0 Å². The number of rotatable bonds is 7. The third kappa shape index (κ3) is 5.82. The van der Waals surface area contributed by atoms with Crippen molar-refractivity contribution in [3.63, 3.8) is 0 Å². The molecule has 0 saturated carbocycles. The summed E-state index contributed by atoms with van der Waals surface area (Å²) in [5.41, 5.74) is 5.30. The summed E-state index contributed by atoms with van der Waals surface area (Å²) in [4.78, 5) is 14.8. The molecule has 0 bridgehead atoms. The van der Waals surface area contributed by atoms with Crippen LogP contribution in [0.4, 0.5) is 16.2 Å². The van der Waals surface area contributed by atoms with Crippen LogP contribution in [0.25, 0.3) is 6.08 Å². The molecule has 3 nitrogen and oxygen atoms in total. The van der Waals surface area contributed by atoms with Gasteiger partial charge in [-0.2, -0.15) is 0 Å². The van der Waals surface area contributed by atoms with Crippen LogP contribution >= 0.6 is 0 Å². The van der Waals surface area contributed by atoms with Crippen LogP contribution in [0.1, 0.15) is 30.5 Å². The van der Waals surface area contributed by atoms with Crippen molar-refractivity contribution in [2.24, 2.45) is 0 Å². The molecular weight excluding hydrogens is 356 g/mol. The highest BCUT2D eigenvalue weighted by Crippen LogP contribution is 2.19. The van der Waals surface area contributed by atoms with E-state index in [-0.39, 0.29) is 6.03 Å². The highest BCUT2D eigenvalue weighted by atomic mass is 16.2. The van der Waals surface area contributed by atoms with E-state index in [1.54, 1.807) is 4.90 Å². The van der Waals surface area contributed by atoms with E-state index in [1.807, 2.05) is 78.9 Å². The first kappa shape index (κ1) is 20.4. The van der Waals surface area contributed by atoms with Crippen molar-refractivity contribution in [1.82, 2.24) is 0 Å². The summed E-state index contributed by atoms with van der Waals surface area (Å²) >= 11 is 0. The maximum absolute atomic E-state index is 13.0. The predicted molar refractivity (Wildman–Crippen MR) is 123 cm³/mol. The molecule has 29 heavy (non-hydrogen) atoms. The van der Waals surface area contributed by atoms with Gasteiger partial charge >= 0.3 is 6.03 Å². The summed E-state index contributed by atoms with van der Waals surface area (Å²) in [5, 5.41) is 3.02. The van der Waals surface area contributed by atoms with Gasteiger partial charge in [-0.1, -0.05) is 80.6 Å². The molecule has 0 aliphatic rings. The van der Waals surface area contributed by atoms with E-state index in [4.69, 9.17) is 0 Å². The first-order valence-corrected chi connectivity index (χ1v) is 10.2. The predicted octanol–water partition coefficient (Wildman–Crippen LogP) is 6.56. The summed E-state index contributed by atoms with van der Waals surface area (Å²) in [6.07, 6.45) is 6.01. The van der Waals surface area contributed by atoms with Crippen molar-refractivity contribution in [2.45, 2.75) is 26.7 Å². The molecule has 0 unspecified atom stereocenters. The summed E-state index contributed by atoms with van der Waals surface area (Å²) in [5.74, 6) is 0. The van der Waals surface area contributed by atoms with Crippen molar-refractivity contribution < 1.29 is 4.79 Å². The van der Waals surface area contributed by atoms with E-state index < -0.39 is 0 Å². The molecule has 0 radical (unpaired) electrons. The van der Waals surface area contributed by atoms with E-state index in [0.29, 0.717) is 6.54 Å². The van der Waals surface area contributed by atoms with Gasteiger partial charge in [0.25, 0.3) is 0 Å². The van der Waals surface area contributed by atoms with E-state index in [2.05, 4.69) is 31.3 Å². The molecule has 1 N–H and O–H groups in total. The quantitative estimate of drug-likeness (QED) is 0.491. The lowest BCUT2D eigenvalue weighted by molar-refractivity contribution is 0.257. The minimum absolute atomic E-state index is 0.142. The molecule has 0 aromatic heterocycles. The fraction of sp³-hybridized carbons (Fsp3) is 0.192. The Kier molecular flexibility index (Phi) is 7.23. The monoisotopic (exact) mass is 384 g/mol. The van der Waals surface area contributed by atoms with Crippen LogP contribution in [0.5, 0.6) is 0 Å². The van der Waals surface area contributed by atoms with Crippen molar-refractivity contribution in [3.05, 3.63) is 102 Å². The number of hydrogen-bond acceptors (Lipinski definition) is 1. The van der Waals surface area contributed by atoms with Gasteiger partial charge in [-0.05, 0) is 53.8 Å². The Morgan fingerprint density at radius 1 is 0.828 bits per heavy atom. The third-order valence-electron chi connectivity index (χ3n) is 4.91. The van der Waals surface area contributed by atoms with Crippen molar-refractivity contribution in [3.8, 4) is 0 Å². The van der Waals surface area contributed by atoms with Gasteiger partial charge in [0.1, 0.15) is 0 Å². The van der Waals surface area contributed by atoms with Crippen LogP contribution in [0.15, 0.2) is 84.9 Å². The van der Waals surface area contributed by atoms with Crippen molar-refractivity contribution in [1.29, 1.82) is 0 Å². The number of nitrogens with zero attached hydrogens (tertiary/aromatic N) is 1. The van der Waals surface area contributed by atoms with Gasteiger partial charge < -0.3 is 5.32 Å². The molecular formula is C26H28N2O. The second-order valence-corrected chi connectivity index (χ2v) is 6.92. The van der Waals surface area contributed by atoms with Gasteiger partial charge in [0.05, 0.1) is 0 Å². The van der Waals surface area contributed by atoms with E-state index in [9.17, 15) is 4.79 Å². The van der Waals surface area contributed by atoms with Crippen LogP contribution in [-0.4, -0.2) is 12.6 Å². The number of urea groups is 1. The average molecular weight is 385 g/mol. The molecule has 0 fully saturated rings. The highest BCUT2D eigenvalue weighted by molar-refractivity contribution is 6.02. The zero-order valence-electron chi connectivity index (χ0n) is 17.1. The fourth-order valence-corrected chi connectivity index (χ4v) is 3.09. The summed E-state index contributed by atoms with van der Waals surface area (Å²) in [6, 6.07) is 26.1. The zero-order valence-corrected chi connectivity index (χ0v) is 17.1. The average Bonchev–Trinajstić information content (AvgIpc) is 2.78. The first-order valence-electron chi connectivity index (χ1n) is 10.2. The molecule has 0 spiro atoms. The Morgan fingerprint density at radius 2 is 1.41 bits per heavy atom. The zero-order chi connectivity index (χ0) is 20.5. The molecule has 3 rings (SSSR count). The molecule has 3 heteroatoms. The van der Waals surface area contributed by atoms with Crippen molar-refractivity contribution >= 4 is 23.5 Å². The lowest BCUT2D eigenvalue weighted by Crippen LogP contribution is -2.35. The first-order chi connectivity index (χ1) is 14.2.